The zero-order chi connectivity index (χ0) is 12.0. The van der Waals surface area contributed by atoms with Gasteiger partial charge in [-0.15, -0.1) is 0 Å². The minimum Gasteiger partial charge on any atom is -0.496 e. The Morgan fingerprint density at radius 2 is 2.25 bits per heavy atom. The number of nitrogens with zero attached hydrogens (tertiary/aromatic N) is 1. The lowest BCUT2D eigenvalue weighted by Gasteiger charge is -2.03. The second kappa shape index (κ2) is 5.87. The van der Waals surface area contributed by atoms with E-state index >= 15 is 0 Å². The van der Waals surface area contributed by atoms with Crippen LogP contribution in [0.5, 0.6) is 5.75 Å². The van der Waals surface area contributed by atoms with E-state index in [1.165, 1.54) is 13.1 Å². The maximum Gasteiger partial charge on any atom is 0.268 e. The van der Waals surface area contributed by atoms with Gasteiger partial charge in [0.1, 0.15) is 11.9 Å². The lowest BCUT2D eigenvalue weighted by atomic mass is 10.2. The molecule has 1 rings (SSSR count). The van der Waals surface area contributed by atoms with Gasteiger partial charge in [0.15, 0.2) is 0 Å². The number of ether oxygens (including phenoxy) is 1. The molecule has 16 heavy (non-hydrogen) atoms. The molecule has 0 aliphatic carbocycles. The van der Waals surface area contributed by atoms with Gasteiger partial charge in [-0.3, -0.25) is 4.79 Å². The number of aliphatic hydroxyl groups is 1. The molecule has 0 aliphatic rings. The number of benzene rings is 1. The third-order valence-electron chi connectivity index (χ3n) is 1.90. The molecule has 0 heterocycles. The predicted octanol–water partition coefficient (Wildman–Crippen LogP) is 0.526. The van der Waals surface area contributed by atoms with Gasteiger partial charge in [0.2, 0.25) is 0 Å². The monoisotopic (exact) mass is 222 g/mol. The van der Waals surface area contributed by atoms with E-state index in [9.17, 15) is 4.79 Å². The molecule has 0 aromatic heterocycles. The van der Waals surface area contributed by atoms with E-state index in [2.05, 4.69) is 10.5 Å². The van der Waals surface area contributed by atoms with Crippen LogP contribution in [-0.4, -0.2) is 30.4 Å². The van der Waals surface area contributed by atoms with E-state index in [0.717, 1.165) is 5.56 Å². The molecule has 0 unspecified atom stereocenters. The van der Waals surface area contributed by atoms with Crippen LogP contribution in [0.15, 0.2) is 29.4 Å². The van der Waals surface area contributed by atoms with Crippen molar-refractivity contribution in [3.05, 3.63) is 29.8 Å². The molecule has 1 amide bonds. The Bertz CT molecular complexity index is 389. The van der Waals surface area contributed by atoms with Gasteiger partial charge in [0.05, 0.1) is 13.3 Å². The standard InChI is InChI=1S/C11H14N2O3/c1-8(14)11(15)13-12-7-9-5-3-4-6-10(9)16-2/h3-8,14H,1-2H3,(H,13,15)/b12-7-/t8-/m1/s1. The van der Waals surface area contributed by atoms with Crippen LogP contribution in [0.3, 0.4) is 0 Å². The molecule has 1 aromatic rings. The van der Waals surface area contributed by atoms with Crippen molar-refractivity contribution in [2.45, 2.75) is 13.0 Å². The van der Waals surface area contributed by atoms with E-state index in [-0.39, 0.29) is 0 Å². The van der Waals surface area contributed by atoms with Crippen LogP contribution < -0.4 is 10.2 Å². The van der Waals surface area contributed by atoms with Gasteiger partial charge in [0, 0.05) is 5.56 Å². The van der Waals surface area contributed by atoms with Gasteiger partial charge in [0.25, 0.3) is 5.91 Å². The highest BCUT2D eigenvalue weighted by atomic mass is 16.5. The smallest absolute Gasteiger partial charge is 0.268 e. The van der Waals surface area contributed by atoms with E-state index in [1.807, 2.05) is 12.1 Å². The van der Waals surface area contributed by atoms with Gasteiger partial charge >= 0.3 is 0 Å². The minimum absolute atomic E-state index is 0.550. The van der Waals surface area contributed by atoms with Crippen molar-refractivity contribution < 1.29 is 14.6 Å². The van der Waals surface area contributed by atoms with Crippen LogP contribution in [-0.2, 0) is 4.79 Å². The van der Waals surface area contributed by atoms with Gasteiger partial charge in [-0.2, -0.15) is 5.10 Å². The van der Waals surface area contributed by atoms with E-state index in [1.54, 1.807) is 19.2 Å². The third kappa shape index (κ3) is 3.36. The second-order valence-electron chi connectivity index (χ2n) is 3.15. The largest absolute Gasteiger partial charge is 0.496 e. The first kappa shape index (κ1) is 12.2. The SMILES string of the molecule is COc1ccccc1/C=N\NC(=O)[C@@H](C)O. The Morgan fingerprint density at radius 1 is 1.56 bits per heavy atom. The quantitative estimate of drug-likeness (QED) is 0.576. The molecule has 1 atom stereocenters. The maximum atomic E-state index is 11.0. The summed E-state index contributed by atoms with van der Waals surface area (Å²) in [6.07, 6.45) is 0.383. The first-order chi connectivity index (χ1) is 7.65. The third-order valence-corrected chi connectivity index (χ3v) is 1.90. The van der Waals surface area contributed by atoms with Crippen molar-refractivity contribution in [2.24, 2.45) is 5.10 Å². The number of rotatable bonds is 4. The number of amides is 1. The van der Waals surface area contributed by atoms with Gasteiger partial charge in [-0.1, -0.05) is 12.1 Å². The molecule has 2 N–H and O–H groups in total. The van der Waals surface area contributed by atoms with Crippen LogP contribution in [0.4, 0.5) is 0 Å². The fourth-order valence-electron chi connectivity index (χ4n) is 1.03. The molecule has 0 bridgehead atoms. The van der Waals surface area contributed by atoms with Crippen molar-refractivity contribution in [3.8, 4) is 5.75 Å². The second-order valence-corrected chi connectivity index (χ2v) is 3.15. The summed E-state index contributed by atoms with van der Waals surface area (Å²) in [6, 6.07) is 7.26. The fourth-order valence-corrected chi connectivity index (χ4v) is 1.03. The Kier molecular flexibility index (Phi) is 4.47. The van der Waals surface area contributed by atoms with E-state index in [4.69, 9.17) is 9.84 Å². The number of aliphatic hydroxyl groups excluding tert-OH is 1. The van der Waals surface area contributed by atoms with E-state index < -0.39 is 12.0 Å². The number of hydrazone groups is 1. The normalized spacial score (nSPS) is 12.4. The van der Waals surface area contributed by atoms with Crippen LogP contribution in [0, 0.1) is 0 Å². The molecule has 0 saturated heterocycles. The zero-order valence-electron chi connectivity index (χ0n) is 9.18. The van der Waals surface area contributed by atoms with Gasteiger partial charge in [-0.05, 0) is 19.1 Å². The topological polar surface area (TPSA) is 70.9 Å². The lowest BCUT2D eigenvalue weighted by molar-refractivity contribution is -0.128. The fraction of sp³-hybridized carbons (Fsp3) is 0.273. The lowest BCUT2D eigenvalue weighted by Crippen LogP contribution is -2.28. The number of carbonyl (C=O) groups excluding carboxylic acids is 1. The summed E-state index contributed by atoms with van der Waals surface area (Å²) >= 11 is 0. The summed E-state index contributed by atoms with van der Waals surface area (Å²) in [4.78, 5) is 11.0. The maximum absolute atomic E-state index is 11.0. The summed E-state index contributed by atoms with van der Waals surface area (Å²) in [6.45, 7) is 1.37. The number of nitrogens with one attached hydrogen (secondary N) is 1. The van der Waals surface area contributed by atoms with Crippen molar-refractivity contribution in [1.29, 1.82) is 0 Å². The molecular formula is C11H14N2O3. The molecule has 0 radical (unpaired) electrons. The molecule has 0 fully saturated rings. The number of methoxy groups -OCH3 is 1. The van der Waals surface area contributed by atoms with Gasteiger partial charge in [-0.25, -0.2) is 5.43 Å². The first-order valence-electron chi connectivity index (χ1n) is 4.79. The Morgan fingerprint density at radius 3 is 2.88 bits per heavy atom. The summed E-state index contributed by atoms with van der Waals surface area (Å²) in [5.74, 6) is 0.115. The number of carbonyl (C=O) groups is 1. The number of hydrogen-bond donors (Lipinski definition) is 2. The van der Waals surface area contributed by atoms with Crippen LogP contribution in [0.2, 0.25) is 0 Å². The molecule has 0 aliphatic heterocycles. The Labute approximate surface area is 93.7 Å². The molecule has 5 nitrogen and oxygen atoms in total. The molecule has 1 aromatic carbocycles. The summed E-state index contributed by atoms with van der Waals surface area (Å²) in [5, 5.41) is 12.6. The van der Waals surface area contributed by atoms with Crippen molar-refractivity contribution in [3.63, 3.8) is 0 Å². The van der Waals surface area contributed by atoms with E-state index in [0.29, 0.717) is 5.75 Å². The molecule has 5 heteroatoms. The van der Waals surface area contributed by atoms with Crippen LogP contribution >= 0.6 is 0 Å². The van der Waals surface area contributed by atoms with Crippen molar-refractivity contribution >= 4 is 12.1 Å². The highest BCUT2D eigenvalue weighted by Crippen LogP contribution is 2.14. The summed E-state index contributed by atoms with van der Waals surface area (Å²) in [5.41, 5.74) is 2.95. The highest BCUT2D eigenvalue weighted by Gasteiger charge is 2.06. The molecule has 86 valence electrons. The first-order valence-corrected chi connectivity index (χ1v) is 4.79. The number of hydrogen-bond acceptors (Lipinski definition) is 4. The van der Waals surface area contributed by atoms with Crippen molar-refractivity contribution in [2.75, 3.05) is 7.11 Å². The average Bonchev–Trinajstić information content (AvgIpc) is 2.29. The van der Waals surface area contributed by atoms with Crippen LogP contribution in [0.25, 0.3) is 0 Å². The summed E-state index contributed by atoms with van der Waals surface area (Å²) < 4.78 is 5.10. The van der Waals surface area contributed by atoms with Crippen molar-refractivity contribution in [1.82, 2.24) is 5.43 Å². The summed E-state index contributed by atoms with van der Waals surface area (Å²) in [7, 11) is 1.56. The molecule has 0 spiro atoms. The minimum atomic E-state index is -1.07. The van der Waals surface area contributed by atoms with Gasteiger partial charge < -0.3 is 9.84 Å². The Balaban J connectivity index is 2.66. The predicted molar refractivity (Wildman–Crippen MR) is 60.4 cm³/mol. The zero-order valence-corrected chi connectivity index (χ0v) is 9.18. The average molecular weight is 222 g/mol. The number of para-hydroxylation sites is 1. The highest BCUT2D eigenvalue weighted by molar-refractivity contribution is 5.86. The van der Waals surface area contributed by atoms with Crippen LogP contribution in [0.1, 0.15) is 12.5 Å². The Hall–Kier alpha value is -1.88. The molecular weight excluding hydrogens is 208 g/mol. The molecule has 0 saturated carbocycles.